The van der Waals surface area contributed by atoms with Crippen molar-refractivity contribution < 1.29 is 9.47 Å². The Kier molecular flexibility index (Phi) is 10.7. The molecule has 0 amide bonds. The first-order valence-electron chi connectivity index (χ1n) is 14.0. The van der Waals surface area contributed by atoms with Crippen LogP contribution in [0.3, 0.4) is 0 Å². The number of ether oxygens (including phenoxy) is 2. The summed E-state index contributed by atoms with van der Waals surface area (Å²) < 4.78 is 15.3. The lowest BCUT2D eigenvalue weighted by Gasteiger charge is -2.32. The second-order valence-electron chi connectivity index (χ2n) is 9.57. The Morgan fingerprint density at radius 1 is 1.05 bits per heavy atom. The zero-order valence-corrected chi connectivity index (χ0v) is 24.0. The van der Waals surface area contributed by atoms with Gasteiger partial charge in [0.25, 0.3) is 0 Å². The highest BCUT2D eigenvalue weighted by atomic mass is 16.5. The quantitative estimate of drug-likeness (QED) is 0.496. The Morgan fingerprint density at radius 2 is 1.76 bits per heavy atom. The van der Waals surface area contributed by atoms with Crippen molar-refractivity contribution in [1.29, 1.82) is 0 Å². The number of pyridine rings is 1. The number of aromatic nitrogens is 5. The van der Waals surface area contributed by atoms with Crippen LogP contribution in [0.2, 0.25) is 0 Å². The molecule has 0 spiro atoms. The van der Waals surface area contributed by atoms with Crippen molar-refractivity contribution in [2.45, 2.75) is 92.8 Å². The van der Waals surface area contributed by atoms with Gasteiger partial charge in [-0.25, -0.2) is 9.67 Å². The number of rotatable bonds is 5. The molecule has 1 saturated heterocycles. The maximum atomic E-state index is 5.80. The molecule has 1 N–H and O–H groups in total. The second-order valence-corrected chi connectivity index (χ2v) is 9.57. The molecule has 204 valence electrons. The summed E-state index contributed by atoms with van der Waals surface area (Å²) in [7, 11) is 1.65. The molecular weight excluding hydrogens is 464 g/mol. The molecule has 8 nitrogen and oxygen atoms in total. The number of hydrogen-bond donors (Lipinski definition) is 1. The number of methoxy groups -OCH3 is 1. The molecule has 0 bridgehead atoms. The third kappa shape index (κ3) is 6.79. The highest BCUT2D eigenvalue weighted by Gasteiger charge is 2.25. The van der Waals surface area contributed by atoms with E-state index in [2.05, 4.69) is 41.1 Å². The molecule has 5 heterocycles. The number of piperidine rings is 1. The standard InChI is InChI=1S/C25H34N6O2.2C2H6/c1-16-9-21(13-26-25(16)32-4)31-23-6-8-33-7-5-22(23)24(29-31)20-12-27-30(15-20)14-19-10-17(2)28-18(3)11-19;2*1-2/h9,12-13,15,17-19,28H,5-8,10-11,14H2,1-4H3;2*1-2H3. The van der Waals surface area contributed by atoms with Gasteiger partial charge in [-0.2, -0.15) is 10.2 Å². The summed E-state index contributed by atoms with van der Waals surface area (Å²) in [4.78, 5) is 4.47. The van der Waals surface area contributed by atoms with Gasteiger partial charge < -0.3 is 14.8 Å². The molecule has 2 atom stereocenters. The fraction of sp³-hybridized carbons (Fsp3) is 0.621. The average molecular weight is 511 g/mol. The minimum Gasteiger partial charge on any atom is -0.481 e. The van der Waals surface area contributed by atoms with Crippen LogP contribution in [-0.4, -0.2) is 57.0 Å². The summed E-state index contributed by atoms with van der Waals surface area (Å²) in [6, 6.07) is 3.20. The highest BCUT2D eigenvalue weighted by Crippen LogP contribution is 2.31. The summed E-state index contributed by atoms with van der Waals surface area (Å²) >= 11 is 0. The first kappa shape index (κ1) is 28.9. The van der Waals surface area contributed by atoms with Crippen LogP contribution in [0.5, 0.6) is 5.88 Å². The Bertz CT molecular complexity index is 1110. The van der Waals surface area contributed by atoms with Gasteiger partial charge in [0, 0.05) is 47.9 Å². The van der Waals surface area contributed by atoms with Crippen LogP contribution < -0.4 is 10.1 Å². The van der Waals surface area contributed by atoms with Gasteiger partial charge in [-0.15, -0.1) is 0 Å². The summed E-state index contributed by atoms with van der Waals surface area (Å²) in [5.41, 5.74) is 6.46. The predicted molar refractivity (Wildman–Crippen MR) is 150 cm³/mol. The van der Waals surface area contributed by atoms with Gasteiger partial charge in [-0.05, 0) is 52.0 Å². The van der Waals surface area contributed by atoms with Gasteiger partial charge in [0.15, 0.2) is 0 Å². The van der Waals surface area contributed by atoms with Crippen LogP contribution in [0.25, 0.3) is 16.9 Å². The molecule has 1 fully saturated rings. The van der Waals surface area contributed by atoms with E-state index in [-0.39, 0.29) is 0 Å². The molecule has 3 aromatic heterocycles. The molecule has 0 saturated carbocycles. The Balaban J connectivity index is 0.000000907. The Morgan fingerprint density at radius 3 is 2.43 bits per heavy atom. The van der Waals surface area contributed by atoms with Crippen molar-refractivity contribution in [2.24, 2.45) is 5.92 Å². The van der Waals surface area contributed by atoms with Gasteiger partial charge >= 0.3 is 0 Å². The SMILES string of the molecule is CC.CC.COc1ncc(-n2nc(-c3cnn(CC4CC(C)NC(C)C4)c3)c3c2CCOCC3)cc1C. The fourth-order valence-corrected chi connectivity index (χ4v) is 5.49. The van der Waals surface area contributed by atoms with Crippen LogP contribution in [-0.2, 0) is 24.1 Å². The van der Waals surface area contributed by atoms with E-state index in [1.165, 1.54) is 24.1 Å². The van der Waals surface area contributed by atoms with E-state index in [4.69, 9.17) is 19.7 Å². The molecule has 0 radical (unpaired) electrons. The van der Waals surface area contributed by atoms with Crippen LogP contribution >= 0.6 is 0 Å². The van der Waals surface area contributed by atoms with Crippen molar-refractivity contribution in [2.75, 3.05) is 20.3 Å². The maximum Gasteiger partial charge on any atom is 0.216 e. The van der Waals surface area contributed by atoms with Gasteiger partial charge in [0.05, 0.1) is 49.8 Å². The zero-order valence-electron chi connectivity index (χ0n) is 24.0. The van der Waals surface area contributed by atoms with E-state index in [1.807, 2.05) is 51.7 Å². The van der Waals surface area contributed by atoms with E-state index < -0.39 is 0 Å². The lowest BCUT2D eigenvalue weighted by Crippen LogP contribution is -2.43. The van der Waals surface area contributed by atoms with E-state index >= 15 is 0 Å². The zero-order chi connectivity index (χ0) is 26.9. The molecule has 2 aliphatic heterocycles. The third-order valence-corrected chi connectivity index (χ3v) is 6.82. The molecule has 2 aliphatic rings. The monoisotopic (exact) mass is 510 g/mol. The Hall–Kier alpha value is -2.71. The number of nitrogens with zero attached hydrogens (tertiary/aromatic N) is 5. The summed E-state index contributed by atoms with van der Waals surface area (Å²) in [5.74, 6) is 1.28. The smallest absolute Gasteiger partial charge is 0.216 e. The van der Waals surface area contributed by atoms with Crippen molar-refractivity contribution >= 4 is 0 Å². The number of hydrogen-bond acceptors (Lipinski definition) is 6. The largest absolute Gasteiger partial charge is 0.481 e. The van der Waals surface area contributed by atoms with Crippen molar-refractivity contribution in [3.05, 3.63) is 41.5 Å². The lowest BCUT2D eigenvalue weighted by molar-refractivity contribution is 0.145. The first-order chi connectivity index (χ1) is 18.0. The fourth-order valence-electron chi connectivity index (χ4n) is 5.49. The number of nitrogens with one attached hydrogen (secondary N) is 1. The molecule has 0 aliphatic carbocycles. The Labute approximate surface area is 222 Å². The average Bonchev–Trinajstić information content (AvgIpc) is 3.42. The summed E-state index contributed by atoms with van der Waals surface area (Å²) in [6.07, 6.45) is 10.00. The molecule has 37 heavy (non-hydrogen) atoms. The predicted octanol–water partition coefficient (Wildman–Crippen LogP) is 5.39. The molecule has 0 aromatic carbocycles. The lowest BCUT2D eigenvalue weighted by atomic mass is 9.89. The topological polar surface area (TPSA) is 79.0 Å². The van der Waals surface area contributed by atoms with Gasteiger partial charge in [-0.3, -0.25) is 4.68 Å². The van der Waals surface area contributed by atoms with Crippen molar-refractivity contribution in [1.82, 2.24) is 29.9 Å². The maximum absolute atomic E-state index is 5.80. The number of aryl methyl sites for hydroxylation is 1. The summed E-state index contributed by atoms with van der Waals surface area (Å²) in [5, 5.41) is 13.4. The van der Waals surface area contributed by atoms with E-state index in [1.54, 1.807) is 7.11 Å². The highest BCUT2D eigenvalue weighted by molar-refractivity contribution is 5.64. The molecule has 5 rings (SSSR count). The minimum absolute atomic E-state index is 0.557. The normalized spacial score (nSPS) is 21.0. The second kappa shape index (κ2) is 13.7. The van der Waals surface area contributed by atoms with Crippen LogP contribution in [0.15, 0.2) is 24.7 Å². The van der Waals surface area contributed by atoms with E-state index in [0.717, 1.165) is 41.9 Å². The van der Waals surface area contributed by atoms with Gasteiger partial charge in [-0.1, -0.05) is 27.7 Å². The van der Waals surface area contributed by atoms with E-state index in [9.17, 15) is 0 Å². The van der Waals surface area contributed by atoms with E-state index in [0.29, 0.717) is 37.1 Å². The van der Waals surface area contributed by atoms with Gasteiger partial charge in [0.2, 0.25) is 5.88 Å². The van der Waals surface area contributed by atoms with Crippen molar-refractivity contribution in [3.63, 3.8) is 0 Å². The first-order valence-corrected chi connectivity index (χ1v) is 14.0. The summed E-state index contributed by atoms with van der Waals surface area (Å²) in [6.45, 7) is 16.9. The van der Waals surface area contributed by atoms with Gasteiger partial charge in [0.1, 0.15) is 0 Å². The third-order valence-electron chi connectivity index (χ3n) is 6.82. The molecule has 2 unspecified atom stereocenters. The molecular formula is C29H46N6O2. The molecule has 8 heteroatoms. The van der Waals surface area contributed by atoms with Crippen molar-refractivity contribution in [3.8, 4) is 22.8 Å². The minimum atomic E-state index is 0.557. The molecule has 3 aromatic rings. The van der Waals surface area contributed by atoms with Crippen LogP contribution in [0.4, 0.5) is 0 Å². The van der Waals surface area contributed by atoms with Crippen LogP contribution in [0, 0.1) is 12.8 Å². The number of fused-ring (bicyclic) bond motifs is 1. The van der Waals surface area contributed by atoms with Crippen LogP contribution in [0.1, 0.15) is 71.2 Å².